The summed E-state index contributed by atoms with van der Waals surface area (Å²) in [5.74, 6) is 0.784. The zero-order valence-corrected chi connectivity index (χ0v) is 16.1. The number of nitrogens with zero attached hydrogens (tertiary/aromatic N) is 4. The lowest BCUT2D eigenvalue weighted by atomic mass is 10.1. The topological polar surface area (TPSA) is 74.0 Å². The number of rotatable bonds is 7. The monoisotopic (exact) mass is 401 g/mol. The van der Waals surface area contributed by atoms with Crippen LogP contribution in [0.4, 0.5) is 18.9 Å². The van der Waals surface area contributed by atoms with E-state index in [9.17, 15) is 23.3 Å². The third-order valence-electron chi connectivity index (χ3n) is 4.74. The van der Waals surface area contributed by atoms with Crippen LogP contribution in [-0.4, -0.2) is 66.6 Å². The summed E-state index contributed by atoms with van der Waals surface area (Å²) in [6, 6.07) is 6.35. The molecule has 7 nitrogen and oxygen atoms in total. The van der Waals surface area contributed by atoms with Crippen molar-refractivity contribution in [2.24, 2.45) is 10.9 Å². The normalized spacial score (nSPS) is 18.0. The van der Waals surface area contributed by atoms with Crippen LogP contribution in [0.5, 0.6) is 0 Å². The molecular formula is C18H26F3N5O2. The first-order chi connectivity index (χ1) is 13.2. The molecule has 0 bridgehead atoms. The fourth-order valence-electron chi connectivity index (χ4n) is 3.39. The van der Waals surface area contributed by atoms with Crippen molar-refractivity contribution in [1.29, 1.82) is 0 Å². The molecule has 2 rings (SSSR count). The predicted octanol–water partition coefficient (Wildman–Crippen LogP) is 2.88. The van der Waals surface area contributed by atoms with Gasteiger partial charge in [-0.3, -0.25) is 20.0 Å². The summed E-state index contributed by atoms with van der Waals surface area (Å²) in [4.78, 5) is 18.1. The Morgan fingerprint density at radius 2 is 2.21 bits per heavy atom. The molecule has 0 aliphatic carbocycles. The van der Waals surface area contributed by atoms with E-state index in [4.69, 9.17) is 0 Å². The van der Waals surface area contributed by atoms with Crippen molar-refractivity contribution >= 4 is 11.6 Å². The highest BCUT2D eigenvalue weighted by Gasteiger charge is 2.33. The number of halogens is 3. The van der Waals surface area contributed by atoms with Crippen molar-refractivity contribution in [3.8, 4) is 0 Å². The lowest BCUT2D eigenvalue weighted by Gasteiger charge is -2.26. The summed E-state index contributed by atoms with van der Waals surface area (Å²) < 4.78 is 37.9. The molecule has 0 spiro atoms. The Morgan fingerprint density at radius 3 is 2.82 bits per heavy atom. The minimum atomic E-state index is -4.19. The van der Waals surface area contributed by atoms with Gasteiger partial charge in [-0.2, -0.15) is 13.2 Å². The minimum Gasteiger partial charge on any atom is -0.352 e. The van der Waals surface area contributed by atoms with Gasteiger partial charge in [0.15, 0.2) is 5.96 Å². The van der Waals surface area contributed by atoms with Gasteiger partial charge in [-0.25, -0.2) is 0 Å². The van der Waals surface area contributed by atoms with Crippen LogP contribution in [0.15, 0.2) is 29.3 Å². The van der Waals surface area contributed by atoms with Crippen LogP contribution in [0.25, 0.3) is 0 Å². The molecule has 28 heavy (non-hydrogen) atoms. The first-order valence-corrected chi connectivity index (χ1v) is 9.20. The second-order valence-electron chi connectivity index (χ2n) is 6.87. The fraction of sp³-hybridized carbons (Fsp3) is 0.611. The second kappa shape index (κ2) is 9.72. The highest BCUT2D eigenvalue weighted by molar-refractivity contribution is 5.80. The SMILES string of the molecule is CCN(CC1CCN(C(=NC)NCc2cccc([N+](=O)[O-])c2)C1)CC(F)(F)F. The van der Waals surface area contributed by atoms with E-state index in [-0.39, 0.29) is 11.6 Å². The molecule has 156 valence electrons. The largest absolute Gasteiger partial charge is 0.401 e. The van der Waals surface area contributed by atoms with E-state index in [0.717, 1.165) is 12.0 Å². The van der Waals surface area contributed by atoms with Crippen LogP contribution in [0.2, 0.25) is 0 Å². The molecule has 1 aromatic carbocycles. The number of hydrogen-bond acceptors (Lipinski definition) is 4. The highest BCUT2D eigenvalue weighted by atomic mass is 19.4. The van der Waals surface area contributed by atoms with Gasteiger partial charge in [0.25, 0.3) is 5.69 Å². The quantitative estimate of drug-likeness (QED) is 0.329. The number of likely N-dealkylation sites (tertiary alicyclic amines) is 1. The average Bonchev–Trinajstić information content (AvgIpc) is 3.09. The molecule has 1 aliphatic rings. The standard InChI is InChI=1S/C18H26F3N5O2/c1-3-24(13-18(19,20)21)11-15-7-8-25(12-15)17(22-2)23-10-14-5-4-6-16(9-14)26(27)28/h4-6,9,15H,3,7-8,10-13H2,1-2H3,(H,22,23). The molecule has 1 aromatic rings. The van der Waals surface area contributed by atoms with Gasteiger partial charge in [0, 0.05) is 45.4 Å². The summed E-state index contributed by atoms with van der Waals surface area (Å²) >= 11 is 0. The smallest absolute Gasteiger partial charge is 0.352 e. The number of aliphatic imine (C=N–C) groups is 1. The van der Waals surface area contributed by atoms with Crippen LogP contribution in [0.3, 0.4) is 0 Å². The Balaban J connectivity index is 1.88. The van der Waals surface area contributed by atoms with E-state index in [1.54, 1.807) is 26.1 Å². The van der Waals surface area contributed by atoms with Crippen molar-refractivity contribution in [2.75, 3.05) is 39.8 Å². The minimum absolute atomic E-state index is 0.0276. The highest BCUT2D eigenvalue weighted by Crippen LogP contribution is 2.21. The average molecular weight is 401 g/mol. The Hall–Kier alpha value is -2.36. The first-order valence-electron chi connectivity index (χ1n) is 9.20. The lowest BCUT2D eigenvalue weighted by Crippen LogP contribution is -2.41. The van der Waals surface area contributed by atoms with E-state index >= 15 is 0 Å². The first kappa shape index (κ1) is 21.9. The Morgan fingerprint density at radius 1 is 1.46 bits per heavy atom. The molecule has 1 atom stereocenters. The summed E-state index contributed by atoms with van der Waals surface area (Å²) in [6.45, 7) is 3.32. The van der Waals surface area contributed by atoms with Gasteiger partial charge in [0.1, 0.15) is 0 Å². The van der Waals surface area contributed by atoms with Gasteiger partial charge in [-0.15, -0.1) is 0 Å². The van der Waals surface area contributed by atoms with Crippen LogP contribution in [0.1, 0.15) is 18.9 Å². The number of nitrogens with one attached hydrogen (secondary N) is 1. The Labute approximate surface area is 162 Å². The Kier molecular flexibility index (Phi) is 7.61. The number of guanidine groups is 1. The van der Waals surface area contributed by atoms with Crippen molar-refractivity contribution in [2.45, 2.75) is 26.1 Å². The zero-order chi connectivity index (χ0) is 20.7. The number of non-ortho nitro benzene ring substituents is 1. The molecule has 1 N–H and O–H groups in total. The van der Waals surface area contributed by atoms with E-state index in [2.05, 4.69) is 10.3 Å². The second-order valence-corrected chi connectivity index (χ2v) is 6.87. The maximum absolute atomic E-state index is 12.6. The molecule has 0 aromatic heterocycles. The molecule has 0 saturated carbocycles. The number of alkyl halides is 3. The van der Waals surface area contributed by atoms with Crippen LogP contribution in [0, 0.1) is 16.0 Å². The van der Waals surface area contributed by atoms with E-state index in [0.29, 0.717) is 38.7 Å². The molecule has 1 saturated heterocycles. The third kappa shape index (κ3) is 6.66. The van der Waals surface area contributed by atoms with Crippen molar-refractivity contribution in [3.05, 3.63) is 39.9 Å². The molecule has 1 unspecified atom stereocenters. The van der Waals surface area contributed by atoms with Gasteiger partial charge in [0.2, 0.25) is 0 Å². The zero-order valence-electron chi connectivity index (χ0n) is 16.1. The molecule has 1 fully saturated rings. The maximum Gasteiger partial charge on any atom is 0.401 e. The van der Waals surface area contributed by atoms with Crippen molar-refractivity contribution in [1.82, 2.24) is 15.1 Å². The molecular weight excluding hydrogens is 375 g/mol. The number of benzene rings is 1. The summed E-state index contributed by atoms with van der Waals surface area (Å²) in [5.41, 5.74) is 0.785. The summed E-state index contributed by atoms with van der Waals surface area (Å²) in [6.07, 6.45) is -3.39. The molecule has 1 heterocycles. The van der Waals surface area contributed by atoms with E-state index in [1.165, 1.54) is 17.0 Å². The van der Waals surface area contributed by atoms with E-state index in [1.807, 2.05) is 4.90 Å². The fourth-order valence-corrected chi connectivity index (χ4v) is 3.39. The number of nitro benzene ring substituents is 1. The van der Waals surface area contributed by atoms with Crippen molar-refractivity contribution in [3.63, 3.8) is 0 Å². The van der Waals surface area contributed by atoms with Gasteiger partial charge in [0.05, 0.1) is 11.5 Å². The lowest BCUT2D eigenvalue weighted by molar-refractivity contribution is -0.384. The predicted molar refractivity (Wildman–Crippen MR) is 101 cm³/mol. The molecule has 10 heteroatoms. The third-order valence-corrected chi connectivity index (χ3v) is 4.74. The van der Waals surface area contributed by atoms with Crippen molar-refractivity contribution < 1.29 is 18.1 Å². The van der Waals surface area contributed by atoms with E-state index < -0.39 is 17.6 Å². The number of nitro groups is 1. The van der Waals surface area contributed by atoms with Gasteiger partial charge in [-0.1, -0.05) is 19.1 Å². The van der Waals surface area contributed by atoms with Gasteiger partial charge in [-0.05, 0) is 24.4 Å². The van der Waals surface area contributed by atoms with Crippen LogP contribution < -0.4 is 5.32 Å². The van der Waals surface area contributed by atoms with Gasteiger partial charge < -0.3 is 10.2 Å². The maximum atomic E-state index is 12.6. The summed E-state index contributed by atoms with van der Waals surface area (Å²) in [5, 5.41) is 14.1. The van der Waals surface area contributed by atoms with Gasteiger partial charge >= 0.3 is 6.18 Å². The summed E-state index contributed by atoms with van der Waals surface area (Å²) in [7, 11) is 1.64. The van der Waals surface area contributed by atoms with Crippen LogP contribution in [-0.2, 0) is 6.54 Å². The number of hydrogen-bond donors (Lipinski definition) is 1. The van der Waals surface area contributed by atoms with Crippen LogP contribution >= 0.6 is 0 Å². The molecule has 1 aliphatic heterocycles. The Bertz CT molecular complexity index is 696. The molecule has 0 amide bonds. The molecule has 0 radical (unpaired) electrons.